The Balaban J connectivity index is 2.95. The average Bonchev–Trinajstić information content (AvgIpc) is 2.26. The number of hydrogen-bond acceptors (Lipinski definition) is 3. The highest BCUT2D eigenvalue weighted by Crippen LogP contribution is 2.35. The molecule has 6 heteroatoms. The van der Waals surface area contributed by atoms with Crippen molar-refractivity contribution in [3.63, 3.8) is 0 Å². The third kappa shape index (κ3) is 4.03. The topological polar surface area (TPSA) is 46.5 Å². The van der Waals surface area contributed by atoms with Crippen LogP contribution in [0, 0.1) is 0 Å². The van der Waals surface area contributed by atoms with Gasteiger partial charge in [0.15, 0.2) is 0 Å². The standard InChI is InChI=1S/C12H13F3O3/c1-2-18-11(17)6-4-8-3-5-9(16)7-10(8)12(13,14)15/h3-6,9,16H,2,7H2,1H3/b6-4+. The zero-order valence-electron chi connectivity index (χ0n) is 9.70. The molecule has 0 aromatic heterocycles. The summed E-state index contributed by atoms with van der Waals surface area (Å²) in [5.74, 6) is -0.703. The fraction of sp³-hybridized carbons (Fsp3) is 0.417. The molecule has 1 unspecified atom stereocenters. The fourth-order valence-electron chi connectivity index (χ4n) is 1.49. The van der Waals surface area contributed by atoms with Crippen LogP contribution in [0.4, 0.5) is 13.2 Å². The Bertz CT molecular complexity index is 405. The second kappa shape index (κ2) is 5.86. The third-order valence-corrected chi connectivity index (χ3v) is 2.29. The van der Waals surface area contributed by atoms with E-state index in [2.05, 4.69) is 4.74 Å². The molecule has 0 bridgehead atoms. The first-order valence-corrected chi connectivity index (χ1v) is 5.36. The zero-order valence-corrected chi connectivity index (χ0v) is 9.70. The highest BCUT2D eigenvalue weighted by Gasteiger charge is 2.37. The van der Waals surface area contributed by atoms with E-state index in [-0.39, 0.29) is 12.2 Å². The van der Waals surface area contributed by atoms with Gasteiger partial charge in [-0.25, -0.2) is 4.79 Å². The average molecular weight is 262 g/mol. The van der Waals surface area contributed by atoms with Gasteiger partial charge < -0.3 is 9.84 Å². The van der Waals surface area contributed by atoms with Crippen molar-refractivity contribution in [1.29, 1.82) is 0 Å². The summed E-state index contributed by atoms with van der Waals surface area (Å²) < 4.78 is 42.6. The van der Waals surface area contributed by atoms with Gasteiger partial charge in [-0.2, -0.15) is 13.2 Å². The van der Waals surface area contributed by atoms with E-state index >= 15 is 0 Å². The van der Waals surface area contributed by atoms with Crippen LogP contribution in [0.15, 0.2) is 35.5 Å². The predicted molar refractivity (Wildman–Crippen MR) is 58.6 cm³/mol. The van der Waals surface area contributed by atoms with Gasteiger partial charge in [-0.3, -0.25) is 0 Å². The Kier molecular flexibility index (Phi) is 4.72. The molecule has 1 aliphatic rings. The first kappa shape index (κ1) is 14.5. The molecule has 100 valence electrons. The number of rotatable bonds is 3. The van der Waals surface area contributed by atoms with Crippen molar-refractivity contribution in [1.82, 2.24) is 0 Å². The molecule has 0 radical (unpaired) electrons. The molecule has 0 amide bonds. The van der Waals surface area contributed by atoms with Crippen molar-refractivity contribution in [3.05, 3.63) is 35.5 Å². The predicted octanol–water partition coefficient (Wildman–Crippen LogP) is 2.29. The van der Waals surface area contributed by atoms with E-state index in [4.69, 9.17) is 0 Å². The van der Waals surface area contributed by atoms with Crippen LogP contribution in [0.25, 0.3) is 0 Å². The second-order valence-electron chi connectivity index (χ2n) is 3.65. The minimum absolute atomic E-state index is 0.138. The molecule has 0 fully saturated rings. The van der Waals surface area contributed by atoms with E-state index in [0.29, 0.717) is 0 Å². The van der Waals surface area contributed by atoms with Crippen LogP contribution in [-0.2, 0) is 9.53 Å². The van der Waals surface area contributed by atoms with Gasteiger partial charge in [-0.15, -0.1) is 0 Å². The molecule has 0 aliphatic heterocycles. The molecule has 3 nitrogen and oxygen atoms in total. The van der Waals surface area contributed by atoms with Crippen molar-refractivity contribution in [3.8, 4) is 0 Å². The molecular formula is C12H13F3O3. The van der Waals surface area contributed by atoms with Gasteiger partial charge in [-0.05, 0) is 18.6 Å². The maximum atomic E-state index is 12.7. The van der Waals surface area contributed by atoms with Crippen LogP contribution in [0.3, 0.4) is 0 Å². The van der Waals surface area contributed by atoms with Crippen molar-refractivity contribution in [2.75, 3.05) is 6.61 Å². The molecule has 1 aliphatic carbocycles. The molecule has 1 N–H and O–H groups in total. The molecule has 0 heterocycles. The first-order valence-electron chi connectivity index (χ1n) is 5.36. The quantitative estimate of drug-likeness (QED) is 0.627. The number of allylic oxidation sites excluding steroid dienone is 3. The molecule has 0 saturated heterocycles. The van der Waals surface area contributed by atoms with Gasteiger partial charge in [0.25, 0.3) is 0 Å². The van der Waals surface area contributed by atoms with Crippen LogP contribution >= 0.6 is 0 Å². The van der Waals surface area contributed by atoms with Crippen LogP contribution in [-0.4, -0.2) is 30.0 Å². The van der Waals surface area contributed by atoms with Gasteiger partial charge in [0.2, 0.25) is 0 Å². The molecule has 0 saturated carbocycles. The van der Waals surface area contributed by atoms with Crippen LogP contribution in [0.2, 0.25) is 0 Å². The minimum atomic E-state index is -4.53. The lowest BCUT2D eigenvalue weighted by Crippen LogP contribution is -2.21. The third-order valence-electron chi connectivity index (χ3n) is 2.29. The van der Waals surface area contributed by atoms with E-state index < -0.39 is 30.2 Å². The van der Waals surface area contributed by atoms with E-state index in [1.54, 1.807) is 6.92 Å². The van der Waals surface area contributed by atoms with E-state index in [0.717, 1.165) is 18.2 Å². The summed E-state index contributed by atoms with van der Waals surface area (Å²) in [6, 6.07) is 0. The van der Waals surface area contributed by atoms with Gasteiger partial charge in [-0.1, -0.05) is 12.2 Å². The number of carbonyl (C=O) groups excluding carboxylic acids is 1. The van der Waals surface area contributed by atoms with Gasteiger partial charge >= 0.3 is 12.1 Å². The van der Waals surface area contributed by atoms with Gasteiger partial charge in [0.05, 0.1) is 12.7 Å². The summed E-state index contributed by atoms with van der Waals surface area (Å²) in [6.45, 7) is 1.76. The number of carbonyl (C=O) groups is 1. The van der Waals surface area contributed by atoms with Crippen molar-refractivity contribution in [2.24, 2.45) is 0 Å². The minimum Gasteiger partial charge on any atom is -0.463 e. The summed E-state index contributed by atoms with van der Waals surface area (Å²) in [7, 11) is 0. The van der Waals surface area contributed by atoms with Gasteiger partial charge in [0.1, 0.15) is 0 Å². The molecule has 0 aromatic carbocycles. The van der Waals surface area contributed by atoms with Crippen molar-refractivity contribution in [2.45, 2.75) is 25.6 Å². The summed E-state index contributed by atoms with van der Waals surface area (Å²) in [6.07, 6.45) is -1.81. The van der Waals surface area contributed by atoms with E-state index in [9.17, 15) is 23.1 Å². The van der Waals surface area contributed by atoms with Crippen LogP contribution in [0.1, 0.15) is 13.3 Å². The molecule has 0 aromatic rings. The molecule has 1 rings (SSSR count). The second-order valence-corrected chi connectivity index (χ2v) is 3.65. The number of aliphatic hydroxyl groups excluding tert-OH is 1. The maximum absolute atomic E-state index is 12.7. The number of esters is 1. The Morgan fingerprint density at radius 3 is 2.83 bits per heavy atom. The highest BCUT2D eigenvalue weighted by atomic mass is 19.4. The Hall–Kier alpha value is -1.56. The fourth-order valence-corrected chi connectivity index (χ4v) is 1.49. The molecule has 18 heavy (non-hydrogen) atoms. The molecule has 1 atom stereocenters. The largest absolute Gasteiger partial charge is 0.463 e. The van der Waals surface area contributed by atoms with Crippen LogP contribution in [0.5, 0.6) is 0 Å². The lowest BCUT2D eigenvalue weighted by atomic mass is 9.95. The Morgan fingerprint density at radius 1 is 1.61 bits per heavy atom. The number of aliphatic hydroxyl groups is 1. The monoisotopic (exact) mass is 262 g/mol. The lowest BCUT2D eigenvalue weighted by molar-refractivity contribution is -0.137. The smallest absolute Gasteiger partial charge is 0.413 e. The number of halogens is 3. The van der Waals surface area contributed by atoms with Gasteiger partial charge in [0, 0.05) is 18.1 Å². The van der Waals surface area contributed by atoms with Crippen molar-refractivity contribution >= 4 is 5.97 Å². The maximum Gasteiger partial charge on any atom is 0.413 e. The summed E-state index contributed by atoms with van der Waals surface area (Å²) in [5, 5.41) is 9.19. The highest BCUT2D eigenvalue weighted by molar-refractivity contribution is 5.82. The summed E-state index contributed by atoms with van der Waals surface area (Å²) >= 11 is 0. The summed E-state index contributed by atoms with van der Waals surface area (Å²) in [5.41, 5.74) is -0.987. The number of ether oxygens (including phenoxy) is 1. The summed E-state index contributed by atoms with van der Waals surface area (Å²) in [4.78, 5) is 11.0. The number of hydrogen-bond donors (Lipinski definition) is 1. The van der Waals surface area contributed by atoms with Crippen molar-refractivity contribution < 1.29 is 27.8 Å². The van der Waals surface area contributed by atoms with E-state index in [1.807, 2.05) is 0 Å². The van der Waals surface area contributed by atoms with Crippen LogP contribution < -0.4 is 0 Å². The molecule has 0 spiro atoms. The zero-order chi connectivity index (χ0) is 13.8. The number of alkyl halides is 3. The SMILES string of the molecule is CCOC(=O)/C=C/C1=C(C(F)(F)F)CC(O)C=C1. The normalized spacial score (nSPS) is 20.6. The Morgan fingerprint density at radius 2 is 2.28 bits per heavy atom. The lowest BCUT2D eigenvalue weighted by Gasteiger charge is -2.19. The Labute approximate surface area is 102 Å². The van der Waals surface area contributed by atoms with E-state index in [1.165, 1.54) is 6.08 Å². The molecular weight excluding hydrogens is 249 g/mol. The first-order chi connectivity index (χ1) is 8.34.